The maximum absolute atomic E-state index is 12.1. The van der Waals surface area contributed by atoms with Crippen LogP contribution in [0.2, 0.25) is 0 Å². The second kappa shape index (κ2) is 6.79. The molecule has 0 bridgehead atoms. The van der Waals surface area contributed by atoms with Gasteiger partial charge in [-0.1, -0.05) is 0 Å². The number of nitrogens with zero attached hydrogens (tertiary/aromatic N) is 6. The molecule has 0 radical (unpaired) electrons. The van der Waals surface area contributed by atoms with Gasteiger partial charge < -0.3 is 10.2 Å². The largest absolute Gasteiger partial charge is 0.348 e. The first-order valence-corrected chi connectivity index (χ1v) is 7.31. The highest BCUT2D eigenvalue weighted by Crippen LogP contribution is 2.16. The van der Waals surface area contributed by atoms with Gasteiger partial charge in [0.2, 0.25) is 5.95 Å². The molecule has 2 aromatic heterocycles. The van der Waals surface area contributed by atoms with Crippen LogP contribution in [0.3, 0.4) is 0 Å². The van der Waals surface area contributed by atoms with Gasteiger partial charge in [-0.3, -0.25) is 9.78 Å². The molecule has 0 aliphatic carbocycles. The Kier molecular flexibility index (Phi) is 4.38. The monoisotopic (exact) mass is 309 g/mol. The van der Waals surface area contributed by atoms with Crippen molar-refractivity contribution in [2.24, 2.45) is 0 Å². The van der Waals surface area contributed by atoms with E-state index in [2.05, 4.69) is 25.3 Å². The Bertz CT molecular complexity index is 720. The molecule has 1 saturated heterocycles. The van der Waals surface area contributed by atoms with E-state index in [1.165, 1.54) is 18.6 Å². The van der Waals surface area contributed by atoms with Crippen molar-refractivity contribution in [3.8, 4) is 6.07 Å². The summed E-state index contributed by atoms with van der Waals surface area (Å²) < 4.78 is 0. The van der Waals surface area contributed by atoms with E-state index >= 15 is 0 Å². The zero-order valence-corrected chi connectivity index (χ0v) is 12.4. The number of hydrogen-bond donors (Lipinski definition) is 1. The summed E-state index contributed by atoms with van der Waals surface area (Å²) >= 11 is 0. The molecular weight excluding hydrogens is 294 g/mol. The molecule has 3 rings (SSSR count). The zero-order chi connectivity index (χ0) is 16.1. The number of rotatable bonds is 3. The number of aromatic nitrogens is 4. The van der Waals surface area contributed by atoms with Crippen LogP contribution in [0.1, 0.15) is 29.0 Å². The van der Waals surface area contributed by atoms with Crippen molar-refractivity contribution in [2.45, 2.75) is 18.9 Å². The average molecular weight is 309 g/mol. The van der Waals surface area contributed by atoms with Crippen LogP contribution in [-0.2, 0) is 0 Å². The third-order valence-corrected chi connectivity index (χ3v) is 3.67. The number of anilines is 1. The van der Waals surface area contributed by atoms with Gasteiger partial charge in [-0.25, -0.2) is 15.0 Å². The molecule has 23 heavy (non-hydrogen) atoms. The minimum atomic E-state index is -0.209. The number of amides is 1. The summed E-state index contributed by atoms with van der Waals surface area (Å²) in [6.07, 6.45) is 7.63. The number of piperidine rings is 1. The highest BCUT2D eigenvalue weighted by atomic mass is 16.1. The second-order valence-corrected chi connectivity index (χ2v) is 5.18. The van der Waals surface area contributed by atoms with E-state index in [1.54, 1.807) is 12.3 Å². The molecule has 0 aromatic carbocycles. The lowest BCUT2D eigenvalue weighted by Crippen LogP contribution is -2.45. The minimum Gasteiger partial charge on any atom is -0.348 e. The molecule has 8 nitrogen and oxygen atoms in total. The van der Waals surface area contributed by atoms with E-state index in [1.807, 2.05) is 11.0 Å². The predicted molar refractivity (Wildman–Crippen MR) is 81.5 cm³/mol. The van der Waals surface area contributed by atoms with Gasteiger partial charge in [-0.15, -0.1) is 0 Å². The van der Waals surface area contributed by atoms with Crippen molar-refractivity contribution < 1.29 is 4.79 Å². The number of hydrogen-bond acceptors (Lipinski definition) is 7. The average Bonchev–Trinajstić information content (AvgIpc) is 2.63. The minimum absolute atomic E-state index is 0.0832. The van der Waals surface area contributed by atoms with Gasteiger partial charge in [0.1, 0.15) is 17.5 Å². The number of nitrogens with one attached hydrogen (secondary N) is 1. The van der Waals surface area contributed by atoms with Crippen molar-refractivity contribution in [2.75, 3.05) is 18.0 Å². The Labute approximate surface area is 133 Å². The summed E-state index contributed by atoms with van der Waals surface area (Å²) in [7, 11) is 0. The maximum atomic E-state index is 12.1. The van der Waals surface area contributed by atoms with Crippen molar-refractivity contribution in [1.29, 1.82) is 5.26 Å². The molecule has 0 unspecified atom stereocenters. The summed E-state index contributed by atoms with van der Waals surface area (Å²) in [5, 5.41) is 11.9. The van der Waals surface area contributed by atoms with Crippen LogP contribution in [0.15, 0.2) is 30.9 Å². The smallest absolute Gasteiger partial charge is 0.271 e. The topological polar surface area (TPSA) is 108 Å². The van der Waals surface area contributed by atoms with Crippen LogP contribution in [0.4, 0.5) is 5.95 Å². The molecule has 1 aliphatic heterocycles. The first-order chi connectivity index (χ1) is 11.3. The lowest BCUT2D eigenvalue weighted by molar-refractivity contribution is 0.0925. The normalized spacial score (nSPS) is 15.0. The molecule has 8 heteroatoms. The van der Waals surface area contributed by atoms with Gasteiger partial charge in [0.25, 0.3) is 5.91 Å². The van der Waals surface area contributed by atoms with Gasteiger partial charge in [-0.05, 0) is 18.9 Å². The molecule has 1 N–H and O–H groups in total. The van der Waals surface area contributed by atoms with Crippen LogP contribution >= 0.6 is 0 Å². The Hall–Kier alpha value is -3.08. The summed E-state index contributed by atoms with van der Waals surface area (Å²) in [4.78, 5) is 30.4. The first-order valence-electron chi connectivity index (χ1n) is 7.31. The molecular formula is C15H15N7O. The number of carbonyl (C=O) groups excluding carboxylic acids is 1. The second-order valence-electron chi connectivity index (χ2n) is 5.18. The van der Waals surface area contributed by atoms with E-state index in [9.17, 15) is 4.79 Å². The summed E-state index contributed by atoms with van der Waals surface area (Å²) in [5.74, 6) is 0.349. The molecule has 2 aromatic rings. The van der Waals surface area contributed by atoms with Gasteiger partial charge >= 0.3 is 0 Å². The Morgan fingerprint density at radius 3 is 2.78 bits per heavy atom. The molecule has 116 valence electrons. The van der Waals surface area contributed by atoms with Crippen molar-refractivity contribution in [3.63, 3.8) is 0 Å². The Morgan fingerprint density at radius 2 is 2.09 bits per heavy atom. The van der Waals surface area contributed by atoms with Gasteiger partial charge in [0.15, 0.2) is 0 Å². The van der Waals surface area contributed by atoms with Crippen LogP contribution in [0.25, 0.3) is 0 Å². The maximum Gasteiger partial charge on any atom is 0.271 e. The summed E-state index contributed by atoms with van der Waals surface area (Å²) in [5.41, 5.74) is 0.674. The summed E-state index contributed by atoms with van der Waals surface area (Å²) in [6.45, 7) is 1.45. The lowest BCUT2D eigenvalue weighted by Gasteiger charge is -2.32. The van der Waals surface area contributed by atoms with Crippen LogP contribution in [0.5, 0.6) is 0 Å². The van der Waals surface area contributed by atoms with Crippen molar-refractivity contribution in [1.82, 2.24) is 25.3 Å². The molecule has 1 fully saturated rings. The van der Waals surface area contributed by atoms with E-state index in [0.717, 1.165) is 25.9 Å². The highest BCUT2D eigenvalue weighted by molar-refractivity contribution is 5.92. The van der Waals surface area contributed by atoms with Gasteiger partial charge in [-0.2, -0.15) is 5.26 Å². The molecule has 0 atom stereocenters. The third-order valence-electron chi connectivity index (χ3n) is 3.67. The fourth-order valence-corrected chi connectivity index (χ4v) is 2.46. The lowest BCUT2D eigenvalue weighted by atomic mass is 10.1. The molecule has 0 saturated carbocycles. The molecule has 1 amide bonds. The fraction of sp³-hybridized carbons (Fsp3) is 0.333. The van der Waals surface area contributed by atoms with Gasteiger partial charge in [0.05, 0.1) is 6.20 Å². The van der Waals surface area contributed by atoms with E-state index in [0.29, 0.717) is 17.3 Å². The molecule has 3 heterocycles. The molecule has 1 aliphatic rings. The Balaban J connectivity index is 1.56. The third kappa shape index (κ3) is 3.58. The van der Waals surface area contributed by atoms with Crippen molar-refractivity contribution >= 4 is 11.9 Å². The standard InChI is InChI=1S/C15H15N7O/c16-9-12-1-4-19-15(21-12)22-7-2-11(3-8-22)20-14(23)13-10-17-5-6-18-13/h1,4-6,10-11H,2-3,7-8H2,(H,20,23). The van der Waals surface area contributed by atoms with Crippen molar-refractivity contribution in [3.05, 3.63) is 42.2 Å². The Morgan fingerprint density at radius 1 is 1.26 bits per heavy atom. The molecule has 0 spiro atoms. The fourth-order valence-electron chi connectivity index (χ4n) is 2.46. The quantitative estimate of drug-likeness (QED) is 0.881. The van der Waals surface area contributed by atoms with Crippen LogP contribution < -0.4 is 10.2 Å². The van der Waals surface area contributed by atoms with E-state index < -0.39 is 0 Å². The van der Waals surface area contributed by atoms with E-state index in [-0.39, 0.29) is 11.9 Å². The SMILES string of the molecule is N#Cc1ccnc(N2CCC(NC(=O)c3cnccn3)CC2)n1. The van der Waals surface area contributed by atoms with Gasteiger partial charge in [0, 0.05) is 37.7 Å². The van der Waals surface area contributed by atoms with E-state index in [4.69, 9.17) is 5.26 Å². The zero-order valence-electron chi connectivity index (χ0n) is 12.4. The predicted octanol–water partition coefficient (Wildman–Crippen LogP) is 0.537. The summed E-state index contributed by atoms with van der Waals surface area (Å²) in [6, 6.07) is 3.68. The van der Waals surface area contributed by atoms with Crippen LogP contribution in [-0.4, -0.2) is 45.0 Å². The number of carbonyl (C=O) groups is 1. The number of nitriles is 1. The first kappa shape index (κ1) is 14.8. The highest BCUT2D eigenvalue weighted by Gasteiger charge is 2.23. The van der Waals surface area contributed by atoms with Crippen LogP contribution in [0, 0.1) is 11.3 Å².